The highest BCUT2D eigenvalue weighted by Gasteiger charge is 2.35. The third kappa shape index (κ3) is 4.30. The van der Waals surface area contributed by atoms with Gasteiger partial charge in [-0.25, -0.2) is 4.39 Å². The van der Waals surface area contributed by atoms with Gasteiger partial charge in [-0.2, -0.15) is 0 Å². The third-order valence-corrected chi connectivity index (χ3v) is 4.34. The van der Waals surface area contributed by atoms with Gasteiger partial charge in [0.1, 0.15) is 5.82 Å². The Kier molecular flexibility index (Phi) is 5.07. The Morgan fingerprint density at radius 3 is 2.43 bits per heavy atom. The summed E-state index contributed by atoms with van der Waals surface area (Å²) in [6.07, 6.45) is 0.961. The second kappa shape index (κ2) is 6.69. The number of nitrogens with zero attached hydrogens (tertiary/aromatic N) is 2. The van der Waals surface area contributed by atoms with Gasteiger partial charge in [-0.3, -0.25) is 9.59 Å². The summed E-state index contributed by atoms with van der Waals surface area (Å²) in [6, 6.07) is 6.20. The quantitative estimate of drug-likeness (QED) is 0.859. The number of rotatable bonds is 3. The highest BCUT2D eigenvalue weighted by Crippen LogP contribution is 2.26. The fourth-order valence-corrected chi connectivity index (χ4v) is 2.79. The van der Waals surface area contributed by atoms with Crippen molar-refractivity contribution < 1.29 is 14.0 Å². The van der Waals surface area contributed by atoms with Crippen LogP contribution in [0.15, 0.2) is 24.3 Å². The van der Waals surface area contributed by atoms with E-state index in [-0.39, 0.29) is 35.5 Å². The molecular formula is C18H25FN2O2. The molecule has 23 heavy (non-hydrogen) atoms. The van der Waals surface area contributed by atoms with E-state index in [9.17, 15) is 14.0 Å². The molecule has 1 aromatic carbocycles. The number of amides is 2. The first kappa shape index (κ1) is 17.4. The minimum Gasteiger partial charge on any atom is -0.346 e. The fraction of sp³-hybridized carbons (Fsp3) is 0.556. The Bertz CT molecular complexity index is 578. The minimum absolute atomic E-state index is 0.00303. The molecule has 1 aliphatic rings. The smallest absolute Gasteiger partial charge is 0.227 e. The van der Waals surface area contributed by atoms with Crippen LogP contribution in [-0.4, -0.2) is 40.7 Å². The number of hydrogen-bond acceptors (Lipinski definition) is 2. The van der Waals surface area contributed by atoms with Gasteiger partial charge in [0.15, 0.2) is 0 Å². The summed E-state index contributed by atoms with van der Waals surface area (Å²) in [6.45, 7) is 6.97. The molecule has 0 bridgehead atoms. The normalized spacial score (nSPS) is 18.9. The molecule has 1 aliphatic heterocycles. The summed E-state index contributed by atoms with van der Waals surface area (Å²) >= 11 is 0. The van der Waals surface area contributed by atoms with E-state index in [0.29, 0.717) is 19.5 Å². The molecule has 1 fully saturated rings. The summed E-state index contributed by atoms with van der Waals surface area (Å²) in [5.74, 6) is -0.532. The first-order valence-electron chi connectivity index (χ1n) is 7.98. The molecule has 1 atom stereocenters. The lowest BCUT2D eigenvalue weighted by molar-refractivity contribution is -0.148. The van der Waals surface area contributed by atoms with Crippen LogP contribution in [0.2, 0.25) is 0 Å². The zero-order valence-electron chi connectivity index (χ0n) is 14.3. The Morgan fingerprint density at radius 2 is 1.91 bits per heavy atom. The van der Waals surface area contributed by atoms with E-state index in [1.807, 2.05) is 20.8 Å². The summed E-state index contributed by atoms with van der Waals surface area (Å²) in [7, 11) is 1.77. The van der Waals surface area contributed by atoms with Crippen LogP contribution in [0.3, 0.4) is 0 Å². The van der Waals surface area contributed by atoms with Crippen molar-refractivity contribution in [2.24, 2.45) is 5.92 Å². The first-order valence-corrected chi connectivity index (χ1v) is 7.98. The highest BCUT2D eigenvalue weighted by atomic mass is 19.1. The van der Waals surface area contributed by atoms with Crippen LogP contribution < -0.4 is 0 Å². The van der Waals surface area contributed by atoms with Crippen molar-refractivity contribution in [2.45, 2.75) is 45.7 Å². The van der Waals surface area contributed by atoms with Gasteiger partial charge in [0.2, 0.25) is 11.8 Å². The molecule has 0 radical (unpaired) electrons. The van der Waals surface area contributed by atoms with Crippen LogP contribution in [0.1, 0.15) is 39.2 Å². The van der Waals surface area contributed by atoms with Gasteiger partial charge in [-0.05, 0) is 44.9 Å². The lowest BCUT2D eigenvalue weighted by atomic mass is 9.92. The lowest BCUT2D eigenvalue weighted by Gasteiger charge is -2.39. The van der Waals surface area contributed by atoms with Crippen LogP contribution in [-0.2, 0) is 16.1 Å². The average molecular weight is 320 g/mol. The molecule has 1 aromatic rings. The predicted molar refractivity (Wildman–Crippen MR) is 87.1 cm³/mol. The van der Waals surface area contributed by atoms with Crippen molar-refractivity contribution in [1.29, 1.82) is 0 Å². The summed E-state index contributed by atoms with van der Waals surface area (Å²) in [4.78, 5) is 28.3. The molecule has 1 heterocycles. The van der Waals surface area contributed by atoms with E-state index in [1.165, 1.54) is 12.1 Å². The maximum atomic E-state index is 13.1. The molecule has 1 unspecified atom stereocenters. The molecule has 2 amide bonds. The predicted octanol–water partition coefficient (Wildman–Crippen LogP) is 2.82. The van der Waals surface area contributed by atoms with Gasteiger partial charge in [-0.15, -0.1) is 0 Å². The van der Waals surface area contributed by atoms with E-state index in [2.05, 4.69) is 0 Å². The molecule has 0 saturated carbocycles. The second-order valence-corrected chi connectivity index (χ2v) is 7.23. The zero-order valence-corrected chi connectivity index (χ0v) is 14.3. The molecule has 0 spiro atoms. The lowest BCUT2D eigenvalue weighted by Crippen LogP contribution is -2.50. The molecule has 126 valence electrons. The van der Waals surface area contributed by atoms with E-state index in [0.717, 1.165) is 5.56 Å². The van der Waals surface area contributed by atoms with Crippen LogP contribution in [0.4, 0.5) is 4.39 Å². The van der Waals surface area contributed by atoms with Crippen LogP contribution in [0.5, 0.6) is 0 Å². The number of carbonyl (C=O) groups excluding carboxylic acids is 2. The van der Waals surface area contributed by atoms with Crippen molar-refractivity contribution in [3.8, 4) is 0 Å². The third-order valence-electron chi connectivity index (χ3n) is 4.34. The Balaban J connectivity index is 2.16. The number of piperidine rings is 1. The van der Waals surface area contributed by atoms with Crippen LogP contribution in [0, 0.1) is 11.7 Å². The zero-order chi connectivity index (χ0) is 17.2. The summed E-state index contributed by atoms with van der Waals surface area (Å²) in [5.41, 5.74) is 0.520. The standard InChI is InChI=1S/C18H25FN2O2/c1-18(2,3)21(12-13-5-7-15(19)8-6-13)17(23)14-9-10-20(4)16(22)11-14/h5-8,14H,9-12H2,1-4H3. The molecule has 0 aliphatic carbocycles. The number of halogens is 1. The highest BCUT2D eigenvalue weighted by molar-refractivity contribution is 5.87. The summed E-state index contributed by atoms with van der Waals surface area (Å²) < 4.78 is 13.1. The van der Waals surface area contributed by atoms with Crippen molar-refractivity contribution in [2.75, 3.05) is 13.6 Å². The number of benzene rings is 1. The SMILES string of the molecule is CN1CCC(C(=O)N(Cc2ccc(F)cc2)C(C)(C)C)CC1=O. The largest absolute Gasteiger partial charge is 0.346 e. The number of carbonyl (C=O) groups is 2. The number of likely N-dealkylation sites (tertiary alicyclic amines) is 1. The Morgan fingerprint density at radius 1 is 1.30 bits per heavy atom. The van der Waals surface area contributed by atoms with Crippen molar-refractivity contribution in [3.05, 3.63) is 35.6 Å². The summed E-state index contributed by atoms with van der Waals surface area (Å²) in [5, 5.41) is 0. The fourth-order valence-electron chi connectivity index (χ4n) is 2.79. The van der Waals surface area contributed by atoms with Crippen LogP contribution >= 0.6 is 0 Å². The van der Waals surface area contributed by atoms with E-state index in [1.54, 1.807) is 29.0 Å². The average Bonchev–Trinajstić information content (AvgIpc) is 2.47. The van der Waals surface area contributed by atoms with Gasteiger partial charge in [0.05, 0.1) is 0 Å². The minimum atomic E-state index is -0.363. The molecule has 0 N–H and O–H groups in total. The van der Waals surface area contributed by atoms with Crippen molar-refractivity contribution in [3.63, 3.8) is 0 Å². The van der Waals surface area contributed by atoms with Gasteiger partial charge >= 0.3 is 0 Å². The number of hydrogen-bond donors (Lipinski definition) is 0. The van der Waals surface area contributed by atoms with E-state index < -0.39 is 0 Å². The molecular weight excluding hydrogens is 295 g/mol. The van der Waals surface area contributed by atoms with Gasteiger partial charge < -0.3 is 9.80 Å². The molecule has 4 nitrogen and oxygen atoms in total. The van der Waals surface area contributed by atoms with Gasteiger partial charge in [0, 0.05) is 38.0 Å². The first-order chi connectivity index (χ1) is 10.7. The molecule has 1 saturated heterocycles. The van der Waals surface area contributed by atoms with E-state index >= 15 is 0 Å². The van der Waals surface area contributed by atoms with Crippen molar-refractivity contribution >= 4 is 11.8 Å². The Labute approximate surface area is 137 Å². The molecule has 0 aromatic heterocycles. The second-order valence-electron chi connectivity index (χ2n) is 7.23. The molecule has 2 rings (SSSR count). The maximum absolute atomic E-state index is 13.1. The maximum Gasteiger partial charge on any atom is 0.227 e. The monoisotopic (exact) mass is 320 g/mol. The molecule has 5 heteroatoms. The Hall–Kier alpha value is -1.91. The van der Waals surface area contributed by atoms with Gasteiger partial charge in [-0.1, -0.05) is 12.1 Å². The van der Waals surface area contributed by atoms with Crippen LogP contribution in [0.25, 0.3) is 0 Å². The van der Waals surface area contributed by atoms with E-state index in [4.69, 9.17) is 0 Å². The topological polar surface area (TPSA) is 40.6 Å². The van der Waals surface area contributed by atoms with Gasteiger partial charge in [0.25, 0.3) is 0 Å². The van der Waals surface area contributed by atoms with Crippen molar-refractivity contribution in [1.82, 2.24) is 9.80 Å².